The molecule has 0 saturated heterocycles. The average Bonchev–Trinajstić information content (AvgIpc) is 2.69. The summed E-state index contributed by atoms with van der Waals surface area (Å²) in [5, 5.41) is 2.79. The summed E-state index contributed by atoms with van der Waals surface area (Å²) in [6, 6.07) is 36.8. The van der Waals surface area contributed by atoms with Gasteiger partial charge >= 0.3 is 169 Å². The van der Waals surface area contributed by atoms with Gasteiger partial charge in [-0.15, -0.1) is 0 Å². The average molecular weight is 488 g/mol. The van der Waals surface area contributed by atoms with E-state index in [0.717, 1.165) is 0 Å². The summed E-state index contributed by atoms with van der Waals surface area (Å²) in [6.07, 6.45) is 0. The van der Waals surface area contributed by atoms with Crippen molar-refractivity contribution in [2.24, 2.45) is 0 Å². The third-order valence-corrected chi connectivity index (χ3v) is 10.3. The number of benzene rings is 4. The van der Waals surface area contributed by atoms with Crippen molar-refractivity contribution >= 4 is 60.0 Å². The second-order valence-electron chi connectivity index (χ2n) is 5.88. The summed E-state index contributed by atoms with van der Waals surface area (Å²) >= 11 is 0.126. The van der Waals surface area contributed by atoms with Crippen molar-refractivity contribution in [2.45, 2.75) is 5.76 Å². The van der Waals surface area contributed by atoms with E-state index in [1.165, 1.54) is 41.3 Å². The Kier molecular flexibility index (Phi) is 6.77. The molecule has 0 amide bonds. The van der Waals surface area contributed by atoms with Crippen molar-refractivity contribution in [1.29, 1.82) is 0 Å². The Balaban J connectivity index is 0.000000219. The molecule has 0 fully saturated rings. The molecule has 0 N–H and O–H groups in total. The topological polar surface area (TPSA) is 0 Å². The Hall–Kier alpha value is -1.52. The van der Waals surface area contributed by atoms with Crippen LogP contribution in [0.3, 0.4) is 0 Å². The molecule has 0 heterocycles. The SMILES string of the molecule is [CH3][Ge]([c]1ccccc1)[c]1cccc2ccccc12.[Sn][c]1ccccc1. The molecule has 4 rings (SSSR count). The molecular weight excluding hydrogens is 468 g/mol. The fraction of sp³-hybridized carbons (Fsp3) is 0.0435. The van der Waals surface area contributed by atoms with Gasteiger partial charge in [0, 0.05) is 0 Å². The van der Waals surface area contributed by atoms with Crippen LogP contribution in [-0.2, 0) is 0 Å². The second-order valence-corrected chi connectivity index (χ2v) is 12.5. The van der Waals surface area contributed by atoms with Crippen LogP contribution in [0.15, 0.2) is 103 Å². The van der Waals surface area contributed by atoms with Crippen LogP contribution in [0.4, 0.5) is 0 Å². The summed E-state index contributed by atoms with van der Waals surface area (Å²) in [5.74, 6) is 2.44. The number of hydrogen-bond acceptors (Lipinski definition) is 0. The molecule has 0 aliphatic rings. The summed E-state index contributed by atoms with van der Waals surface area (Å²) in [4.78, 5) is 0. The molecule has 2 heteroatoms. The van der Waals surface area contributed by atoms with Crippen LogP contribution in [0, 0.1) is 0 Å². The van der Waals surface area contributed by atoms with Crippen molar-refractivity contribution in [1.82, 2.24) is 0 Å². The first-order chi connectivity index (χ1) is 12.3. The summed E-state index contributed by atoms with van der Waals surface area (Å²) < 4.78 is 4.52. The van der Waals surface area contributed by atoms with Gasteiger partial charge in [0.15, 0.2) is 0 Å². The molecule has 0 unspecified atom stereocenters. The molecule has 0 aromatic heterocycles. The fourth-order valence-electron chi connectivity index (χ4n) is 2.83. The van der Waals surface area contributed by atoms with Crippen molar-refractivity contribution in [3.05, 3.63) is 103 Å². The predicted molar refractivity (Wildman–Crippen MR) is 113 cm³/mol. The molecule has 4 radical (unpaired) electrons. The molecule has 0 aliphatic carbocycles. The first-order valence-corrected chi connectivity index (χ1v) is 14.0. The Bertz CT molecular complexity index is 915. The number of fused-ring (bicyclic) bond motifs is 1. The van der Waals surface area contributed by atoms with E-state index < -0.39 is 14.3 Å². The molecule has 120 valence electrons. The van der Waals surface area contributed by atoms with Crippen LogP contribution in [0.25, 0.3) is 10.8 Å². The van der Waals surface area contributed by atoms with E-state index in [9.17, 15) is 0 Å². The summed E-state index contributed by atoms with van der Waals surface area (Å²) in [7, 11) is 0. The van der Waals surface area contributed by atoms with Gasteiger partial charge < -0.3 is 0 Å². The molecule has 4 aromatic rings. The fourth-order valence-corrected chi connectivity index (χ4v) is 7.54. The summed E-state index contributed by atoms with van der Waals surface area (Å²) in [5.41, 5.74) is 0. The van der Waals surface area contributed by atoms with Gasteiger partial charge in [0.1, 0.15) is 0 Å². The van der Waals surface area contributed by atoms with Gasteiger partial charge in [-0.05, 0) is 0 Å². The van der Waals surface area contributed by atoms with E-state index in [1.807, 2.05) is 6.07 Å². The zero-order valence-electron chi connectivity index (χ0n) is 14.3. The van der Waals surface area contributed by atoms with Gasteiger partial charge in [-0.1, -0.05) is 0 Å². The second kappa shape index (κ2) is 9.25. The first kappa shape index (κ1) is 18.3. The zero-order chi connectivity index (χ0) is 17.5. The van der Waals surface area contributed by atoms with Gasteiger partial charge in [0.05, 0.1) is 0 Å². The van der Waals surface area contributed by atoms with Crippen LogP contribution in [0.2, 0.25) is 5.76 Å². The Morgan fingerprint density at radius 1 is 0.600 bits per heavy atom. The minimum absolute atomic E-state index is 1.36. The Labute approximate surface area is 168 Å². The van der Waals surface area contributed by atoms with Crippen LogP contribution < -0.4 is 12.4 Å². The molecule has 0 bridgehead atoms. The van der Waals surface area contributed by atoms with Crippen molar-refractivity contribution in [2.75, 3.05) is 0 Å². The van der Waals surface area contributed by atoms with E-state index in [-0.39, 0.29) is 0 Å². The maximum atomic E-state index is 2.44. The molecule has 0 spiro atoms. The van der Waals surface area contributed by atoms with Crippen LogP contribution in [0.5, 0.6) is 0 Å². The third-order valence-electron chi connectivity index (χ3n) is 4.17. The van der Waals surface area contributed by atoms with E-state index in [4.69, 9.17) is 0 Å². The molecule has 25 heavy (non-hydrogen) atoms. The van der Waals surface area contributed by atoms with Gasteiger partial charge in [-0.2, -0.15) is 0 Å². The normalized spacial score (nSPS) is 10.4. The number of rotatable bonds is 2. The maximum absolute atomic E-state index is 2.44. The minimum atomic E-state index is -1.37. The number of hydrogen-bond donors (Lipinski definition) is 0. The molecular formula is C23H20GeSn. The van der Waals surface area contributed by atoms with E-state index in [2.05, 4.69) is 103 Å². The Morgan fingerprint density at radius 2 is 1.16 bits per heavy atom. The molecule has 0 aliphatic heterocycles. The van der Waals surface area contributed by atoms with E-state index in [0.29, 0.717) is 0 Å². The van der Waals surface area contributed by atoms with Gasteiger partial charge in [0.25, 0.3) is 0 Å². The third kappa shape index (κ3) is 4.99. The van der Waals surface area contributed by atoms with Gasteiger partial charge in [-0.3, -0.25) is 0 Å². The van der Waals surface area contributed by atoms with Crippen LogP contribution in [-0.4, -0.2) is 36.9 Å². The molecule has 0 saturated carbocycles. The predicted octanol–water partition coefficient (Wildman–Crippen LogP) is 3.56. The Morgan fingerprint density at radius 3 is 1.80 bits per heavy atom. The van der Waals surface area contributed by atoms with Crippen molar-refractivity contribution in [3.63, 3.8) is 0 Å². The van der Waals surface area contributed by atoms with Crippen molar-refractivity contribution in [3.8, 4) is 0 Å². The monoisotopic (exact) mass is 490 g/mol. The van der Waals surface area contributed by atoms with Gasteiger partial charge in [0.2, 0.25) is 0 Å². The van der Waals surface area contributed by atoms with E-state index in [1.54, 1.807) is 4.40 Å². The quantitative estimate of drug-likeness (QED) is 0.380. The van der Waals surface area contributed by atoms with Crippen LogP contribution >= 0.6 is 0 Å². The molecule has 0 nitrogen and oxygen atoms in total. The zero-order valence-corrected chi connectivity index (χ0v) is 19.3. The first-order valence-electron chi connectivity index (χ1n) is 8.39. The van der Waals surface area contributed by atoms with Crippen LogP contribution in [0.1, 0.15) is 0 Å². The van der Waals surface area contributed by atoms with E-state index >= 15 is 0 Å². The molecule has 0 atom stereocenters. The van der Waals surface area contributed by atoms with Crippen molar-refractivity contribution < 1.29 is 0 Å². The summed E-state index contributed by atoms with van der Waals surface area (Å²) in [6.45, 7) is 0. The van der Waals surface area contributed by atoms with Gasteiger partial charge in [-0.25, -0.2) is 0 Å². The standard InChI is InChI=1S/C17H15Ge.C6H5.Sn/c1-18(15-10-3-2-4-11-15)17-13-7-9-14-8-5-6-12-16(14)17;1-2-4-6-5-3-1;/h2-13H,1H3;1-5H;. The molecule has 4 aromatic carbocycles.